The van der Waals surface area contributed by atoms with E-state index >= 15 is 0 Å². The van der Waals surface area contributed by atoms with Crippen molar-refractivity contribution in [2.24, 2.45) is 0 Å². The molecule has 53 valence electrons. The highest BCUT2D eigenvalue weighted by Gasteiger charge is 1.88. The first kappa shape index (κ1) is 7.26. The Hall–Kier alpha value is -0.850. The van der Waals surface area contributed by atoms with Crippen molar-refractivity contribution in [2.45, 2.75) is 19.8 Å². The highest BCUT2D eigenvalue weighted by Crippen LogP contribution is 2.00. The second-order valence-electron chi connectivity index (χ2n) is 2.31. The molecule has 0 bridgehead atoms. The van der Waals surface area contributed by atoms with Gasteiger partial charge >= 0.3 is 0 Å². The van der Waals surface area contributed by atoms with Gasteiger partial charge in [-0.2, -0.15) is 0 Å². The van der Waals surface area contributed by atoms with Crippen LogP contribution in [0.3, 0.4) is 0 Å². The maximum absolute atomic E-state index is 4.02. The van der Waals surface area contributed by atoms with Crippen molar-refractivity contribution < 1.29 is 0 Å². The Morgan fingerprint density at radius 3 is 3.10 bits per heavy atom. The summed E-state index contributed by atoms with van der Waals surface area (Å²) in [6, 6.07) is 4.08. The molecule has 1 nitrogen and oxygen atoms in total. The minimum Gasteiger partial charge on any atom is -0.264 e. The van der Waals surface area contributed by atoms with E-state index in [-0.39, 0.29) is 0 Å². The standard InChI is InChI=1S/C9H12N/c1-2-3-5-9-6-4-7-10-8-9/h2,4,6-8H,3,5H2,1H3. The van der Waals surface area contributed by atoms with Gasteiger partial charge in [0, 0.05) is 12.4 Å². The molecule has 0 fully saturated rings. The van der Waals surface area contributed by atoms with Gasteiger partial charge in [-0.05, 0) is 30.9 Å². The molecule has 1 aromatic heterocycles. The Labute approximate surface area is 62.1 Å². The fraction of sp³-hybridized carbons (Fsp3) is 0.333. The van der Waals surface area contributed by atoms with Crippen molar-refractivity contribution in [3.8, 4) is 0 Å². The smallest absolute Gasteiger partial charge is 0.0299 e. The Bertz CT molecular complexity index is 169. The second-order valence-corrected chi connectivity index (χ2v) is 2.31. The summed E-state index contributed by atoms with van der Waals surface area (Å²) in [5, 5.41) is 0. The Kier molecular flexibility index (Phi) is 2.94. The Balaban J connectivity index is 2.43. The van der Waals surface area contributed by atoms with Crippen LogP contribution >= 0.6 is 0 Å². The lowest BCUT2D eigenvalue weighted by Crippen LogP contribution is -1.84. The number of pyridine rings is 1. The lowest BCUT2D eigenvalue weighted by molar-refractivity contribution is 0.928. The molecule has 1 rings (SSSR count). The fourth-order valence-corrected chi connectivity index (χ4v) is 0.857. The number of unbranched alkanes of at least 4 members (excludes halogenated alkanes) is 1. The predicted molar refractivity (Wildman–Crippen MR) is 42.5 cm³/mol. The van der Waals surface area contributed by atoms with E-state index in [4.69, 9.17) is 0 Å². The second kappa shape index (κ2) is 4.04. The fourth-order valence-electron chi connectivity index (χ4n) is 0.857. The van der Waals surface area contributed by atoms with Gasteiger partial charge in [-0.25, -0.2) is 0 Å². The molecule has 0 saturated heterocycles. The quantitative estimate of drug-likeness (QED) is 0.617. The Morgan fingerprint density at radius 1 is 1.60 bits per heavy atom. The van der Waals surface area contributed by atoms with Gasteiger partial charge in [-0.1, -0.05) is 13.0 Å². The maximum Gasteiger partial charge on any atom is 0.0299 e. The third-order valence-corrected chi connectivity index (χ3v) is 1.44. The van der Waals surface area contributed by atoms with Crippen LogP contribution in [0.1, 0.15) is 18.9 Å². The van der Waals surface area contributed by atoms with Gasteiger partial charge in [0.25, 0.3) is 0 Å². The highest BCUT2D eigenvalue weighted by atomic mass is 14.6. The van der Waals surface area contributed by atoms with Gasteiger partial charge in [0.15, 0.2) is 0 Å². The molecule has 0 aliphatic carbocycles. The first-order valence-corrected chi connectivity index (χ1v) is 3.60. The van der Waals surface area contributed by atoms with E-state index in [2.05, 4.69) is 24.4 Å². The van der Waals surface area contributed by atoms with Crippen LogP contribution in [0.25, 0.3) is 0 Å². The third kappa shape index (κ3) is 2.18. The predicted octanol–water partition coefficient (Wildman–Crippen LogP) is 2.24. The number of rotatable bonds is 3. The number of hydrogen-bond acceptors (Lipinski definition) is 1. The average Bonchev–Trinajstić information content (AvgIpc) is 2.03. The summed E-state index contributed by atoms with van der Waals surface area (Å²) in [6.45, 7) is 2.08. The van der Waals surface area contributed by atoms with Crippen LogP contribution in [0.4, 0.5) is 0 Å². The molecule has 1 heteroatoms. The van der Waals surface area contributed by atoms with Crippen molar-refractivity contribution in [2.75, 3.05) is 0 Å². The van der Waals surface area contributed by atoms with Crippen molar-refractivity contribution in [3.05, 3.63) is 36.5 Å². The van der Waals surface area contributed by atoms with Gasteiger partial charge in [0.05, 0.1) is 0 Å². The molecule has 0 aliphatic heterocycles. The molecule has 0 unspecified atom stereocenters. The van der Waals surface area contributed by atoms with E-state index < -0.39 is 0 Å². The highest BCUT2D eigenvalue weighted by molar-refractivity contribution is 5.08. The van der Waals surface area contributed by atoms with Gasteiger partial charge in [0.2, 0.25) is 0 Å². The molecule has 0 aromatic carbocycles. The molecule has 0 N–H and O–H groups in total. The normalized spacial score (nSPS) is 9.70. The minimum absolute atomic E-state index is 1.12. The SMILES string of the molecule is C[CH]CCc1cccnc1. The summed E-state index contributed by atoms with van der Waals surface area (Å²) in [5.74, 6) is 0. The van der Waals surface area contributed by atoms with Gasteiger partial charge in [-0.3, -0.25) is 4.98 Å². The van der Waals surface area contributed by atoms with E-state index in [0.29, 0.717) is 0 Å². The molecule has 0 atom stereocenters. The van der Waals surface area contributed by atoms with Gasteiger partial charge < -0.3 is 0 Å². The van der Waals surface area contributed by atoms with Gasteiger partial charge in [-0.15, -0.1) is 0 Å². The van der Waals surface area contributed by atoms with Crippen molar-refractivity contribution >= 4 is 0 Å². The summed E-state index contributed by atoms with van der Waals surface area (Å²) in [4.78, 5) is 4.02. The van der Waals surface area contributed by atoms with Crippen LogP contribution in [-0.4, -0.2) is 4.98 Å². The number of aryl methyl sites for hydroxylation is 1. The van der Waals surface area contributed by atoms with Crippen LogP contribution < -0.4 is 0 Å². The zero-order valence-electron chi connectivity index (χ0n) is 6.25. The topological polar surface area (TPSA) is 12.9 Å². The molecule has 0 aliphatic rings. The Morgan fingerprint density at radius 2 is 2.50 bits per heavy atom. The van der Waals surface area contributed by atoms with E-state index in [1.807, 2.05) is 12.3 Å². The molecule has 0 amide bonds. The number of nitrogens with zero attached hydrogens (tertiary/aromatic N) is 1. The minimum atomic E-state index is 1.12. The first-order chi connectivity index (χ1) is 4.93. The lowest BCUT2D eigenvalue weighted by Gasteiger charge is -1.95. The average molecular weight is 134 g/mol. The van der Waals surface area contributed by atoms with Crippen LogP contribution in [0.15, 0.2) is 24.5 Å². The summed E-state index contributed by atoms with van der Waals surface area (Å²) in [7, 11) is 0. The van der Waals surface area contributed by atoms with Gasteiger partial charge in [0.1, 0.15) is 0 Å². The largest absolute Gasteiger partial charge is 0.264 e. The van der Waals surface area contributed by atoms with Crippen LogP contribution in [0.5, 0.6) is 0 Å². The maximum atomic E-state index is 4.02. The van der Waals surface area contributed by atoms with Crippen LogP contribution in [0.2, 0.25) is 0 Å². The number of aromatic nitrogens is 1. The summed E-state index contributed by atoms with van der Waals surface area (Å²) >= 11 is 0. The zero-order chi connectivity index (χ0) is 7.23. The van der Waals surface area contributed by atoms with E-state index in [1.165, 1.54) is 5.56 Å². The summed E-state index contributed by atoms with van der Waals surface area (Å²) in [6.07, 6.45) is 8.16. The van der Waals surface area contributed by atoms with Crippen molar-refractivity contribution in [1.82, 2.24) is 4.98 Å². The first-order valence-electron chi connectivity index (χ1n) is 3.60. The van der Waals surface area contributed by atoms with Crippen LogP contribution in [0, 0.1) is 6.42 Å². The molecule has 0 spiro atoms. The van der Waals surface area contributed by atoms with Crippen molar-refractivity contribution in [3.63, 3.8) is 0 Å². The monoisotopic (exact) mass is 134 g/mol. The third-order valence-electron chi connectivity index (χ3n) is 1.44. The lowest BCUT2D eigenvalue weighted by atomic mass is 10.1. The van der Waals surface area contributed by atoms with Crippen molar-refractivity contribution in [1.29, 1.82) is 0 Å². The molecule has 1 heterocycles. The zero-order valence-corrected chi connectivity index (χ0v) is 6.25. The molecule has 10 heavy (non-hydrogen) atoms. The molecule has 1 radical (unpaired) electrons. The molecular weight excluding hydrogens is 122 g/mol. The van der Waals surface area contributed by atoms with E-state index in [1.54, 1.807) is 6.20 Å². The molecular formula is C9H12N. The molecule has 1 aromatic rings. The summed E-state index contributed by atoms with van der Waals surface area (Å²) < 4.78 is 0. The van der Waals surface area contributed by atoms with E-state index in [0.717, 1.165) is 12.8 Å². The summed E-state index contributed by atoms with van der Waals surface area (Å²) in [5.41, 5.74) is 1.32. The number of hydrogen-bond donors (Lipinski definition) is 0. The van der Waals surface area contributed by atoms with Crippen LogP contribution in [-0.2, 0) is 6.42 Å². The van der Waals surface area contributed by atoms with E-state index in [9.17, 15) is 0 Å². The molecule has 0 saturated carbocycles.